The molecule has 1 fully saturated rings. The quantitative estimate of drug-likeness (QED) is 0.619. The Hall–Kier alpha value is -1.07. The molecule has 1 aromatic carbocycles. The molecule has 1 heterocycles. The zero-order chi connectivity index (χ0) is 12.4. The largest absolute Gasteiger partial charge is 0.339 e. The molecule has 2 rings (SSSR count). The van der Waals surface area contributed by atoms with E-state index >= 15 is 0 Å². The fourth-order valence-corrected chi connectivity index (χ4v) is 2.83. The van der Waals surface area contributed by atoms with Crippen molar-refractivity contribution in [1.82, 2.24) is 4.90 Å². The van der Waals surface area contributed by atoms with Crippen LogP contribution in [0.5, 0.6) is 0 Å². The molecule has 0 saturated carbocycles. The number of anilines is 1. The van der Waals surface area contributed by atoms with Gasteiger partial charge in [-0.1, -0.05) is 12.1 Å². The van der Waals surface area contributed by atoms with Crippen molar-refractivity contribution in [1.29, 1.82) is 0 Å². The van der Waals surface area contributed by atoms with E-state index in [0.29, 0.717) is 11.7 Å². The number of benzene rings is 1. The molecule has 0 spiro atoms. The van der Waals surface area contributed by atoms with Gasteiger partial charge in [-0.05, 0) is 37.5 Å². The average Bonchev–Trinajstić information content (AvgIpc) is 2.64. The zero-order valence-electron chi connectivity index (χ0n) is 9.84. The van der Waals surface area contributed by atoms with Gasteiger partial charge >= 0.3 is 0 Å². The molecule has 5 heteroatoms. The van der Waals surface area contributed by atoms with E-state index < -0.39 is 0 Å². The molecule has 3 nitrogen and oxygen atoms in total. The van der Waals surface area contributed by atoms with Crippen molar-refractivity contribution in [2.24, 2.45) is 0 Å². The zero-order valence-corrected chi connectivity index (χ0v) is 11.5. The summed E-state index contributed by atoms with van der Waals surface area (Å²) in [4.78, 5) is 16.6. The van der Waals surface area contributed by atoms with Crippen LogP contribution in [0.25, 0.3) is 0 Å². The lowest BCUT2D eigenvalue weighted by Crippen LogP contribution is -2.32. The summed E-state index contributed by atoms with van der Waals surface area (Å²) in [6.07, 6.45) is 2.00. The maximum atomic E-state index is 12.0. The van der Waals surface area contributed by atoms with Crippen molar-refractivity contribution < 1.29 is 4.79 Å². The molecule has 0 aromatic heterocycles. The van der Waals surface area contributed by atoms with Gasteiger partial charge < -0.3 is 4.90 Å². The van der Waals surface area contributed by atoms with Crippen LogP contribution < -0.4 is 4.90 Å². The summed E-state index contributed by atoms with van der Waals surface area (Å²) in [5.41, 5.74) is 0.894. The molecule has 0 unspecified atom stereocenters. The first kappa shape index (κ1) is 12.4. The lowest BCUT2D eigenvalue weighted by atomic mass is 10.3. The first-order valence-electron chi connectivity index (χ1n) is 5.44. The normalized spacial score (nSPS) is 15.9. The standard InChI is InChI=1S/C12H14N2OS2/c1-3-13-8-11(15)14(12(13)16)9-6-4-5-7-10(9)17-2/h4-7H,3,8H2,1-2H3. The smallest absolute Gasteiger partial charge is 0.252 e. The number of amides is 1. The lowest BCUT2D eigenvalue weighted by Gasteiger charge is -2.20. The molecule has 0 N–H and O–H groups in total. The Morgan fingerprint density at radius 2 is 2.12 bits per heavy atom. The Morgan fingerprint density at radius 3 is 2.71 bits per heavy atom. The van der Waals surface area contributed by atoms with Gasteiger partial charge in [-0.2, -0.15) is 0 Å². The summed E-state index contributed by atoms with van der Waals surface area (Å²) in [7, 11) is 0. The van der Waals surface area contributed by atoms with E-state index in [-0.39, 0.29) is 5.91 Å². The van der Waals surface area contributed by atoms with Crippen LogP contribution >= 0.6 is 24.0 Å². The second-order valence-electron chi connectivity index (χ2n) is 3.70. The predicted octanol–water partition coefficient (Wildman–Crippen LogP) is 2.36. The molecule has 1 saturated heterocycles. The van der Waals surface area contributed by atoms with Crippen LogP contribution in [0.3, 0.4) is 0 Å². The van der Waals surface area contributed by atoms with Crippen molar-refractivity contribution in [2.75, 3.05) is 24.2 Å². The number of carbonyl (C=O) groups is 1. The van der Waals surface area contributed by atoms with Gasteiger partial charge in [0.1, 0.15) is 0 Å². The fourth-order valence-electron chi connectivity index (χ4n) is 1.85. The Balaban J connectivity index is 2.40. The molecular weight excluding hydrogens is 252 g/mol. The lowest BCUT2D eigenvalue weighted by molar-refractivity contribution is -0.116. The Kier molecular flexibility index (Phi) is 3.69. The highest BCUT2D eigenvalue weighted by molar-refractivity contribution is 7.98. The minimum atomic E-state index is 0.0540. The second-order valence-corrected chi connectivity index (χ2v) is 4.91. The molecule has 0 radical (unpaired) electrons. The molecular formula is C12H14N2OS2. The number of nitrogens with zero attached hydrogens (tertiary/aromatic N) is 2. The average molecular weight is 266 g/mol. The molecule has 90 valence electrons. The maximum Gasteiger partial charge on any atom is 0.252 e. The van der Waals surface area contributed by atoms with Gasteiger partial charge in [-0.3, -0.25) is 9.69 Å². The number of likely N-dealkylation sites (N-methyl/N-ethyl adjacent to an activating group) is 1. The van der Waals surface area contributed by atoms with E-state index in [2.05, 4.69) is 0 Å². The number of hydrogen-bond acceptors (Lipinski definition) is 3. The van der Waals surface area contributed by atoms with Crippen LogP contribution in [0.2, 0.25) is 0 Å². The number of rotatable bonds is 3. The third-order valence-corrected chi connectivity index (χ3v) is 3.97. The summed E-state index contributed by atoms with van der Waals surface area (Å²) in [6, 6.07) is 7.84. The monoisotopic (exact) mass is 266 g/mol. The fraction of sp³-hybridized carbons (Fsp3) is 0.333. The van der Waals surface area contributed by atoms with E-state index in [1.165, 1.54) is 0 Å². The molecule has 1 aliphatic rings. The van der Waals surface area contributed by atoms with Crippen LogP contribution in [-0.2, 0) is 4.79 Å². The Bertz CT molecular complexity index is 462. The first-order chi connectivity index (χ1) is 8.19. The van der Waals surface area contributed by atoms with E-state index in [0.717, 1.165) is 17.1 Å². The summed E-state index contributed by atoms with van der Waals surface area (Å²) >= 11 is 6.97. The maximum absolute atomic E-state index is 12.0. The Morgan fingerprint density at radius 1 is 1.41 bits per heavy atom. The van der Waals surface area contributed by atoms with Crippen molar-refractivity contribution in [3.05, 3.63) is 24.3 Å². The third kappa shape index (κ3) is 2.17. The van der Waals surface area contributed by atoms with Gasteiger partial charge in [0.15, 0.2) is 5.11 Å². The van der Waals surface area contributed by atoms with Crippen LogP contribution in [0, 0.1) is 0 Å². The first-order valence-corrected chi connectivity index (χ1v) is 7.07. The molecule has 0 aliphatic carbocycles. The SMILES string of the molecule is CCN1CC(=O)N(c2ccccc2SC)C1=S. The Labute approximate surface area is 111 Å². The van der Waals surface area contributed by atoms with E-state index in [1.807, 2.05) is 42.3 Å². The van der Waals surface area contributed by atoms with Gasteiger partial charge in [0.2, 0.25) is 0 Å². The van der Waals surface area contributed by atoms with E-state index in [9.17, 15) is 4.79 Å². The summed E-state index contributed by atoms with van der Waals surface area (Å²) in [5, 5.41) is 0.610. The summed E-state index contributed by atoms with van der Waals surface area (Å²) in [5.74, 6) is 0.0540. The van der Waals surface area contributed by atoms with Gasteiger partial charge in [0.05, 0.1) is 12.2 Å². The van der Waals surface area contributed by atoms with Crippen LogP contribution in [-0.4, -0.2) is 35.3 Å². The number of thiocarbonyl (C=S) groups is 1. The summed E-state index contributed by atoms with van der Waals surface area (Å²) in [6.45, 7) is 3.16. The van der Waals surface area contributed by atoms with Crippen LogP contribution in [0.1, 0.15) is 6.92 Å². The van der Waals surface area contributed by atoms with Crippen molar-refractivity contribution in [2.45, 2.75) is 11.8 Å². The molecule has 0 bridgehead atoms. The van der Waals surface area contributed by atoms with Crippen LogP contribution in [0.15, 0.2) is 29.2 Å². The van der Waals surface area contributed by atoms with Crippen molar-refractivity contribution >= 4 is 40.7 Å². The minimum Gasteiger partial charge on any atom is -0.339 e. The van der Waals surface area contributed by atoms with Crippen LogP contribution in [0.4, 0.5) is 5.69 Å². The highest BCUT2D eigenvalue weighted by Crippen LogP contribution is 2.31. The number of para-hydroxylation sites is 1. The van der Waals surface area contributed by atoms with Crippen molar-refractivity contribution in [3.8, 4) is 0 Å². The van der Waals surface area contributed by atoms with E-state index in [1.54, 1.807) is 16.7 Å². The van der Waals surface area contributed by atoms with E-state index in [4.69, 9.17) is 12.2 Å². The molecule has 1 amide bonds. The molecule has 1 aromatic rings. The second kappa shape index (κ2) is 5.06. The van der Waals surface area contributed by atoms with Gasteiger partial charge in [0, 0.05) is 11.4 Å². The van der Waals surface area contributed by atoms with Gasteiger partial charge in [-0.15, -0.1) is 11.8 Å². The highest BCUT2D eigenvalue weighted by atomic mass is 32.2. The molecule has 17 heavy (non-hydrogen) atoms. The van der Waals surface area contributed by atoms with Gasteiger partial charge in [-0.25, -0.2) is 0 Å². The number of carbonyl (C=O) groups excluding carboxylic acids is 1. The molecule has 1 aliphatic heterocycles. The van der Waals surface area contributed by atoms with Gasteiger partial charge in [0.25, 0.3) is 5.91 Å². The van der Waals surface area contributed by atoms with Crippen molar-refractivity contribution in [3.63, 3.8) is 0 Å². The number of hydrogen-bond donors (Lipinski definition) is 0. The molecule has 0 atom stereocenters. The highest BCUT2D eigenvalue weighted by Gasteiger charge is 2.33. The topological polar surface area (TPSA) is 23.6 Å². The minimum absolute atomic E-state index is 0.0540. The third-order valence-electron chi connectivity index (χ3n) is 2.75. The summed E-state index contributed by atoms with van der Waals surface area (Å²) < 4.78 is 0. The number of thioether (sulfide) groups is 1. The predicted molar refractivity (Wildman–Crippen MR) is 75.6 cm³/mol.